The Hall–Kier alpha value is -1.19. The number of allylic oxidation sites excluding steroid dienone is 1. The molecule has 4 heteroatoms. The first kappa shape index (κ1) is 10.9. The van der Waals surface area contributed by atoms with E-state index < -0.39 is 5.97 Å². The van der Waals surface area contributed by atoms with Gasteiger partial charge in [-0.25, -0.2) is 4.79 Å². The van der Waals surface area contributed by atoms with E-state index in [4.69, 9.17) is 5.11 Å². The number of likely N-dealkylation sites (N-methyl/N-ethyl adjacent to an activating group) is 1. The molecule has 1 aliphatic heterocycles. The molecule has 0 spiro atoms. The molecule has 0 saturated carbocycles. The summed E-state index contributed by atoms with van der Waals surface area (Å²) in [6, 6.07) is 0. The number of nitrogens with zero attached hydrogens (tertiary/aromatic N) is 2. The van der Waals surface area contributed by atoms with Crippen molar-refractivity contribution in [3.05, 3.63) is 11.4 Å². The lowest BCUT2D eigenvalue weighted by atomic mass is 10.3. The molecule has 1 unspecified atom stereocenters. The Morgan fingerprint density at radius 1 is 1.50 bits per heavy atom. The van der Waals surface area contributed by atoms with E-state index in [0.29, 0.717) is 5.70 Å². The number of carbonyl (C=O) groups is 1. The van der Waals surface area contributed by atoms with Crippen LogP contribution in [0, 0.1) is 0 Å². The Morgan fingerprint density at radius 2 is 2.07 bits per heavy atom. The molecular formula is C10H18N2O2. The minimum atomic E-state index is -0.827. The number of hydrogen-bond donors (Lipinski definition) is 1. The van der Waals surface area contributed by atoms with Crippen LogP contribution in [-0.2, 0) is 4.79 Å². The molecule has 0 aromatic carbocycles. The van der Waals surface area contributed by atoms with Crippen molar-refractivity contribution in [1.29, 1.82) is 0 Å². The van der Waals surface area contributed by atoms with Crippen LogP contribution in [0.25, 0.3) is 0 Å². The maximum Gasteiger partial charge on any atom is 0.354 e. The molecule has 1 N–H and O–H groups in total. The summed E-state index contributed by atoms with van der Waals surface area (Å²) in [6.07, 6.45) is 1.13. The number of carboxylic acid groups (broad SMARTS) is 1. The zero-order chi connectivity index (χ0) is 10.9. The highest BCUT2D eigenvalue weighted by atomic mass is 16.4. The van der Waals surface area contributed by atoms with Gasteiger partial charge < -0.3 is 14.9 Å². The molecule has 0 aromatic rings. The lowest BCUT2D eigenvalue weighted by Crippen LogP contribution is -2.38. The molecular weight excluding hydrogens is 180 g/mol. The molecule has 14 heavy (non-hydrogen) atoms. The second-order valence-electron chi connectivity index (χ2n) is 3.52. The van der Waals surface area contributed by atoms with Crippen LogP contribution in [0.15, 0.2) is 11.4 Å². The van der Waals surface area contributed by atoms with Gasteiger partial charge in [-0.05, 0) is 20.3 Å². The van der Waals surface area contributed by atoms with Gasteiger partial charge in [-0.15, -0.1) is 0 Å². The Morgan fingerprint density at radius 3 is 2.43 bits per heavy atom. The maximum atomic E-state index is 11.1. The second kappa shape index (κ2) is 3.90. The van der Waals surface area contributed by atoms with Crippen LogP contribution in [0.5, 0.6) is 0 Å². The van der Waals surface area contributed by atoms with Crippen molar-refractivity contribution in [2.45, 2.75) is 33.4 Å². The first-order valence-corrected chi connectivity index (χ1v) is 4.98. The predicted octanol–water partition coefficient (Wildman–Crippen LogP) is 1.31. The predicted molar refractivity (Wildman–Crippen MR) is 54.6 cm³/mol. The minimum absolute atomic E-state index is 0.200. The van der Waals surface area contributed by atoms with E-state index >= 15 is 0 Å². The van der Waals surface area contributed by atoms with Crippen molar-refractivity contribution in [3.8, 4) is 0 Å². The van der Waals surface area contributed by atoms with Gasteiger partial charge in [-0.3, -0.25) is 0 Å². The summed E-state index contributed by atoms with van der Waals surface area (Å²) in [7, 11) is 1.95. The normalized spacial score (nSPS) is 22.1. The van der Waals surface area contributed by atoms with E-state index in [1.807, 2.05) is 30.7 Å². The fourth-order valence-corrected chi connectivity index (χ4v) is 2.10. The van der Waals surface area contributed by atoms with Crippen LogP contribution < -0.4 is 0 Å². The van der Waals surface area contributed by atoms with Gasteiger partial charge >= 0.3 is 5.97 Å². The SMILES string of the molecule is CCC1N(C)C(C)=C(C(=O)O)N1CC. The lowest BCUT2D eigenvalue weighted by Gasteiger charge is -2.30. The number of carboxylic acids is 1. The second-order valence-corrected chi connectivity index (χ2v) is 3.52. The lowest BCUT2D eigenvalue weighted by molar-refractivity contribution is -0.134. The summed E-state index contributed by atoms with van der Waals surface area (Å²) in [5, 5.41) is 9.09. The topological polar surface area (TPSA) is 43.8 Å². The molecule has 0 aliphatic carbocycles. The van der Waals surface area contributed by atoms with Crippen molar-refractivity contribution in [3.63, 3.8) is 0 Å². The summed E-state index contributed by atoms with van der Waals surface area (Å²) >= 11 is 0. The first-order valence-electron chi connectivity index (χ1n) is 4.98. The average Bonchev–Trinajstić information content (AvgIpc) is 2.39. The van der Waals surface area contributed by atoms with E-state index in [-0.39, 0.29) is 6.17 Å². The van der Waals surface area contributed by atoms with Crippen LogP contribution in [0.4, 0.5) is 0 Å². The number of hydrogen-bond acceptors (Lipinski definition) is 3. The first-order chi connectivity index (χ1) is 6.54. The fraction of sp³-hybridized carbons (Fsp3) is 0.700. The summed E-state index contributed by atoms with van der Waals surface area (Å²) in [5.74, 6) is -0.827. The van der Waals surface area contributed by atoms with Gasteiger partial charge in [0.05, 0.1) is 0 Å². The van der Waals surface area contributed by atoms with E-state index in [1.54, 1.807) is 0 Å². The van der Waals surface area contributed by atoms with Crippen molar-refractivity contribution in [2.75, 3.05) is 13.6 Å². The van der Waals surface area contributed by atoms with Crippen LogP contribution in [-0.4, -0.2) is 40.6 Å². The van der Waals surface area contributed by atoms with E-state index in [9.17, 15) is 4.79 Å². The molecule has 0 aromatic heterocycles. The Kier molecular flexibility index (Phi) is 3.03. The van der Waals surface area contributed by atoms with E-state index in [0.717, 1.165) is 18.7 Å². The van der Waals surface area contributed by atoms with Gasteiger partial charge in [0, 0.05) is 19.3 Å². The molecule has 4 nitrogen and oxygen atoms in total. The molecule has 1 atom stereocenters. The highest BCUT2D eigenvalue weighted by Crippen LogP contribution is 2.28. The smallest absolute Gasteiger partial charge is 0.354 e. The quantitative estimate of drug-likeness (QED) is 0.742. The van der Waals surface area contributed by atoms with Crippen LogP contribution in [0.3, 0.4) is 0 Å². The molecule has 0 amide bonds. The van der Waals surface area contributed by atoms with Crippen molar-refractivity contribution in [2.24, 2.45) is 0 Å². The standard InChI is InChI=1S/C10H18N2O2/c1-5-8-11(4)7(3)9(10(13)14)12(8)6-2/h8H,5-6H2,1-4H3,(H,13,14). The zero-order valence-electron chi connectivity index (χ0n) is 9.24. The monoisotopic (exact) mass is 198 g/mol. The third-order valence-corrected chi connectivity index (χ3v) is 2.87. The van der Waals surface area contributed by atoms with Crippen molar-refractivity contribution in [1.82, 2.24) is 9.80 Å². The average molecular weight is 198 g/mol. The van der Waals surface area contributed by atoms with Crippen molar-refractivity contribution < 1.29 is 9.90 Å². The van der Waals surface area contributed by atoms with E-state index in [2.05, 4.69) is 6.92 Å². The van der Waals surface area contributed by atoms with Gasteiger partial charge in [0.25, 0.3) is 0 Å². The summed E-state index contributed by atoms with van der Waals surface area (Å²) in [5.41, 5.74) is 1.30. The van der Waals surface area contributed by atoms with Gasteiger partial charge in [-0.1, -0.05) is 6.92 Å². The van der Waals surface area contributed by atoms with Gasteiger partial charge in [0.15, 0.2) is 0 Å². The third kappa shape index (κ3) is 1.45. The van der Waals surface area contributed by atoms with E-state index in [1.165, 1.54) is 0 Å². The summed E-state index contributed by atoms with van der Waals surface area (Å²) in [4.78, 5) is 15.0. The zero-order valence-corrected chi connectivity index (χ0v) is 9.24. The van der Waals surface area contributed by atoms with Gasteiger partial charge in [0.1, 0.15) is 11.9 Å². The molecule has 0 radical (unpaired) electrons. The Labute approximate surface area is 84.8 Å². The Balaban J connectivity index is 3.05. The molecule has 1 aliphatic rings. The minimum Gasteiger partial charge on any atom is -0.477 e. The molecule has 0 fully saturated rings. The highest BCUT2D eigenvalue weighted by molar-refractivity contribution is 5.87. The molecule has 1 heterocycles. The number of rotatable bonds is 3. The summed E-state index contributed by atoms with van der Waals surface area (Å²) in [6.45, 7) is 6.66. The number of aliphatic carboxylic acids is 1. The third-order valence-electron chi connectivity index (χ3n) is 2.87. The fourth-order valence-electron chi connectivity index (χ4n) is 2.10. The van der Waals surface area contributed by atoms with Crippen LogP contribution in [0.2, 0.25) is 0 Å². The van der Waals surface area contributed by atoms with Gasteiger partial charge in [-0.2, -0.15) is 0 Å². The largest absolute Gasteiger partial charge is 0.477 e. The van der Waals surface area contributed by atoms with Crippen LogP contribution >= 0.6 is 0 Å². The molecule has 0 bridgehead atoms. The molecule has 80 valence electrons. The molecule has 1 rings (SSSR count). The molecule has 0 saturated heterocycles. The van der Waals surface area contributed by atoms with Crippen LogP contribution in [0.1, 0.15) is 27.2 Å². The Bertz CT molecular complexity index is 273. The van der Waals surface area contributed by atoms with Gasteiger partial charge in [0.2, 0.25) is 0 Å². The highest BCUT2D eigenvalue weighted by Gasteiger charge is 2.35. The van der Waals surface area contributed by atoms with Crippen molar-refractivity contribution >= 4 is 5.97 Å². The maximum absolute atomic E-state index is 11.1. The summed E-state index contributed by atoms with van der Waals surface area (Å²) < 4.78 is 0.